The van der Waals surface area contributed by atoms with Gasteiger partial charge in [-0.1, -0.05) is 12.1 Å². The van der Waals surface area contributed by atoms with Crippen LogP contribution in [-0.4, -0.2) is 11.6 Å². The standard InChI is InChI=1S/C19H16N2O2.ClH/c22-19-13-3-1-2-4-15(13)21-18-14(19)10-20-17(18)12-5-6-16-11(9-12)7-8-23-16;/h1-6,9,17,20H,7-8,10H2,(H,21,22);1H/t17-;/m1./s1. The fourth-order valence-electron chi connectivity index (χ4n) is 3.82. The van der Waals surface area contributed by atoms with Gasteiger partial charge in [0.25, 0.3) is 0 Å². The van der Waals surface area contributed by atoms with Crippen molar-refractivity contribution in [2.24, 2.45) is 0 Å². The smallest absolute Gasteiger partial charge is 0.198 e. The van der Waals surface area contributed by atoms with E-state index in [9.17, 15) is 4.79 Å². The molecular formula is C19H17ClN2O2. The Hall–Kier alpha value is -2.30. The van der Waals surface area contributed by atoms with Gasteiger partial charge >= 0.3 is 0 Å². The summed E-state index contributed by atoms with van der Waals surface area (Å²) in [6.07, 6.45) is 0.969. The minimum absolute atomic E-state index is 0. The summed E-state index contributed by atoms with van der Waals surface area (Å²) in [4.78, 5) is 16.2. The molecule has 2 aliphatic rings. The highest BCUT2D eigenvalue weighted by molar-refractivity contribution is 5.79. The van der Waals surface area contributed by atoms with Crippen molar-refractivity contribution in [1.82, 2.24) is 4.98 Å². The molecule has 122 valence electrons. The van der Waals surface area contributed by atoms with Crippen LogP contribution in [-0.2, 0) is 13.0 Å². The Balaban J connectivity index is 0.00000146. The largest absolute Gasteiger partial charge is 1.00 e. The molecule has 0 saturated heterocycles. The summed E-state index contributed by atoms with van der Waals surface area (Å²) in [7, 11) is 0. The molecule has 0 fully saturated rings. The number of nitrogens with one attached hydrogen (secondary N) is 1. The van der Waals surface area contributed by atoms with E-state index in [-0.39, 0.29) is 23.9 Å². The first-order chi connectivity index (χ1) is 11.3. The van der Waals surface area contributed by atoms with Crippen LogP contribution >= 0.6 is 0 Å². The fourth-order valence-corrected chi connectivity index (χ4v) is 3.82. The lowest BCUT2D eigenvalue weighted by atomic mass is 9.99. The summed E-state index contributed by atoms with van der Waals surface area (Å²) in [5, 5.41) is 3.02. The van der Waals surface area contributed by atoms with E-state index in [0.717, 1.165) is 47.5 Å². The minimum atomic E-state index is 0. The molecule has 0 spiro atoms. The maximum Gasteiger partial charge on any atom is 0.198 e. The van der Waals surface area contributed by atoms with E-state index < -0.39 is 0 Å². The zero-order valence-corrected chi connectivity index (χ0v) is 13.8. The number of aromatic amines is 1. The highest BCUT2D eigenvalue weighted by Gasteiger charge is 2.32. The number of rotatable bonds is 1. The summed E-state index contributed by atoms with van der Waals surface area (Å²) < 4.78 is 5.59. The summed E-state index contributed by atoms with van der Waals surface area (Å²) in [5.74, 6) is 0.999. The number of H-pyrrole nitrogens is 1. The van der Waals surface area contributed by atoms with Crippen LogP contribution < -0.4 is 27.9 Å². The molecule has 5 heteroatoms. The number of halogens is 1. The van der Waals surface area contributed by atoms with Gasteiger partial charge in [-0.3, -0.25) is 4.79 Å². The Bertz CT molecular complexity index is 996. The van der Waals surface area contributed by atoms with Gasteiger partial charge in [0, 0.05) is 22.9 Å². The second kappa shape index (κ2) is 5.65. The van der Waals surface area contributed by atoms with Crippen LogP contribution in [0.25, 0.3) is 10.9 Å². The molecule has 3 N–H and O–H groups in total. The predicted molar refractivity (Wildman–Crippen MR) is 87.7 cm³/mol. The molecule has 4 nitrogen and oxygen atoms in total. The van der Waals surface area contributed by atoms with Crippen LogP contribution in [0.15, 0.2) is 47.3 Å². The zero-order valence-electron chi connectivity index (χ0n) is 13.0. The summed E-state index contributed by atoms with van der Waals surface area (Å²) in [6.45, 7) is 1.50. The third-order valence-corrected chi connectivity index (χ3v) is 4.98. The van der Waals surface area contributed by atoms with E-state index in [0.29, 0.717) is 0 Å². The van der Waals surface area contributed by atoms with Crippen molar-refractivity contribution in [3.8, 4) is 5.75 Å². The summed E-state index contributed by atoms with van der Waals surface area (Å²) in [5.41, 5.74) is 5.54. The average Bonchev–Trinajstić information content (AvgIpc) is 3.21. The Morgan fingerprint density at radius 3 is 2.96 bits per heavy atom. The van der Waals surface area contributed by atoms with Crippen molar-refractivity contribution in [2.75, 3.05) is 6.61 Å². The minimum Gasteiger partial charge on any atom is -1.00 e. The van der Waals surface area contributed by atoms with Gasteiger partial charge in [0.15, 0.2) is 11.5 Å². The fraction of sp³-hybridized carbons (Fsp3) is 0.211. The normalized spacial score (nSPS) is 17.9. The zero-order chi connectivity index (χ0) is 15.4. The van der Waals surface area contributed by atoms with Gasteiger partial charge in [-0.2, -0.15) is 0 Å². The SMILES string of the molecule is O=c1c2c([nH]c3ccccc13)[C@@H](c1ccc3c(c1)CCO3)[NH2+]C2.[Cl-]. The molecule has 0 radical (unpaired) electrons. The molecule has 2 aliphatic heterocycles. The summed E-state index contributed by atoms with van der Waals surface area (Å²) >= 11 is 0. The third kappa shape index (κ3) is 2.14. The van der Waals surface area contributed by atoms with E-state index in [1.165, 1.54) is 11.1 Å². The number of hydrogen-bond donors (Lipinski definition) is 2. The van der Waals surface area contributed by atoms with Crippen LogP contribution in [0.4, 0.5) is 0 Å². The lowest BCUT2D eigenvalue weighted by Crippen LogP contribution is -3.00. The molecule has 1 atom stereocenters. The van der Waals surface area contributed by atoms with Crippen LogP contribution in [0, 0.1) is 0 Å². The van der Waals surface area contributed by atoms with Crippen LogP contribution in [0.3, 0.4) is 0 Å². The summed E-state index contributed by atoms with van der Waals surface area (Å²) in [6, 6.07) is 14.3. The molecule has 0 aliphatic carbocycles. The second-order valence-electron chi connectivity index (χ2n) is 6.28. The molecule has 5 rings (SSSR count). The Morgan fingerprint density at radius 2 is 2.04 bits per heavy atom. The molecule has 0 bridgehead atoms. The molecule has 3 heterocycles. The Labute approximate surface area is 145 Å². The average molecular weight is 341 g/mol. The van der Waals surface area contributed by atoms with E-state index in [1.54, 1.807) is 0 Å². The van der Waals surface area contributed by atoms with Gasteiger partial charge in [0.05, 0.1) is 17.9 Å². The Morgan fingerprint density at radius 1 is 1.17 bits per heavy atom. The number of nitrogens with two attached hydrogens (primary N) is 1. The maximum atomic E-state index is 12.7. The molecule has 24 heavy (non-hydrogen) atoms. The number of ether oxygens (including phenoxy) is 1. The molecule has 1 aromatic heterocycles. The number of fused-ring (bicyclic) bond motifs is 3. The number of hydrogen-bond acceptors (Lipinski definition) is 2. The van der Waals surface area contributed by atoms with E-state index in [2.05, 4.69) is 28.5 Å². The number of quaternary nitrogens is 1. The molecule has 0 unspecified atom stereocenters. The van der Waals surface area contributed by atoms with Gasteiger partial charge in [-0.05, 0) is 35.9 Å². The first-order valence-corrected chi connectivity index (χ1v) is 8.04. The van der Waals surface area contributed by atoms with Gasteiger partial charge < -0.3 is 27.4 Å². The third-order valence-electron chi connectivity index (χ3n) is 4.98. The first-order valence-electron chi connectivity index (χ1n) is 8.04. The van der Waals surface area contributed by atoms with Crippen molar-refractivity contribution in [1.29, 1.82) is 0 Å². The van der Waals surface area contributed by atoms with Crippen molar-refractivity contribution in [3.05, 3.63) is 75.1 Å². The van der Waals surface area contributed by atoms with Crippen molar-refractivity contribution >= 4 is 10.9 Å². The van der Waals surface area contributed by atoms with Gasteiger partial charge in [-0.25, -0.2) is 0 Å². The number of aromatic nitrogens is 1. The van der Waals surface area contributed by atoms with E-state index in [1.807, 2.05) is 24.3 Å². The van der Waals surface area contributed by atoms with Crippen LogP contribution in [0.1, 0.15) is 28.4 Å². The number of benzene rings is 2. The van der Waals surface area contributed by atoms with Gasteiger partial charge in [0.1, 0.15) is 12.3 Å². The van der Waals surface area contributed by atoms with E-state index in [4.69, 9.17) is 4.74 Å². The molecular weight excluding hydrogens is 324 g/mol. The van der Waals surface area contributed by atoms with Crippen molar-refractivity contribution in [3.63, 3.8) is 0 Å². The van der Waals surface area contributed by atoms with Crippen LogP contribution in [0.5, 0.6) is 5.75 Å². The predicted octanol–water partition coefficient (Wildman–Crippen LogP) is -1.37. The van der Waals surface area contributed by atoms with Crippen LogP contribution in [0.2, 0.25) is 0 Å². The monoisotopic (exact) mass is 340 g/mol. The van der Waals surface area contributed by atoms with Gasteiger partial charge in [-0.15, -0.1) is 0 Å². The molecule has 0 amide bonds. The quantitative estimate of drug-likeness (QED) is 0.574. The van der Waals surface area contributed by atoms with Crippen molar-refractivity contribution in [2.45, 2.75) is 19.0 Å². The van der Waals surface area contributed by atoms with E-state index >= 15 is 0 Å². The molecule has 0 saturated carbocycles. The Kier molecular flexibility index (Phi) is 3.59. The number of para-hydroxylation sites is 1. The number of pyridine rings is 1. The highest BCUT2D eigenvalue weighted by Crippen LogP contribution is 2.31. The topological polar surface area (TPSA) is 58.7 Å². The van der Waals surface area contributed by atoms with Crippen molar-refractivity contribution < 1.29 is 22.5 Å². The molecule has 3 aromatic rings. The van der Waals surface area contributed by atoms with Gasteiger partial charge in [0.2, 0.25) is 0 Å². The molecule has 2 aromatic carbocycles. The highest BCUT2D eigenvalue weighted by atomic mass is 35.5. The lowest BCUT2D eigenvalue weighted by Gasteiger charge is -2.11. The maximum absolute atomic E-state index is 12.7. The first kappa shape index (κ1) is 15.2. The lowest BCUT2D eigenvalue weighted by molar-refractivity contribution is -0.692. The second-order valence-corrected chi connectivity index (χ2v) is 6.28.